The number of amides is 1. The molecular formula is C30H33N5O3. The summed E-state index contributed by atoms with van der Waals surface area (Å²) in [6.07, 6.45) is 5.73. The highest BCUT2D eigenvalue weighted by molar-refractivity contribution is 5.96. The second kappa shape index (κ2) is 10.2. The van der Waals surface area contributed by atoms with Crippen LogP contribution in [0.3, 0.4) is 0 Å². The second-order valence-corrected chi connectivity index (χ2v) is 10.5. The van der Waals surface area contributed by atoms with Gasteiger partial charge in [-0.25, -0.2) is 9.97 Å². The first-order chi connectivity index (χ1) is 18.5. The van der Waals surface area contributed by atoms with Crippen molar-refractivity contribution in [3.05, 3.63) is 65.5 Å². The number of likely N-dealkylation sites (N-methyl/N-ethyl adjacent to an activating group) is 1. The zero-order valence-corrected chi connectivity index (χ0v) is 22.2. The molecule has 4 aromatic rings. The fraction of sp³-hybridized carbons (Fsp3) is 0.367. The van der Waals surface area contributed by atoms with Crippen LogP contribution in [-0.4, -0.2) is 78.2 Å². The number of benzene rings is 2. The number of hydrogen-bond donors (Lipinski definition) is 1. The number of methoxy groups -OCH3 is 1. The van der Waals surface area contributed by atoms with Crippen LogP contribution in [0.5, 0.6) is 5.75 Å². The first-order valence-electron chi connectivity index (χ1n) is 13.2. The van der Waals surface area contributed by atoms with Crippen molar-refractivity contribution in [1.29, 1.82) is 0 Å². The molecule has 8 nitrogen and oxygen atoms in total. The lowest BCUT2D eigenvalue weighted by molar-refractivity contribution is 0.0766. The topological polar surface area (TPSA) is 83.6 Å². The largest absolute Gasteiger partial charge is 0.496 e. The molecule has 2 aromatic heterocycles. The number of aromatic amines is 1. The van der Waals surface area contributed by atoms with Gasteiger partial charge in [0, 0.05) is 67.7 Å². The smallest absolute Gasteiger partial charge is 0.253 e. The minimum atomic E-state index is 0.0250. The van der Waals surface area contributed by atoms with Crippen molar-refractivity contribution in [2.75, 3.05) is 47.5 Å². The summed E-state index contributed by atoms with van der Waals surface area (Å²) in [4.78, 5) is 30.0. The normalized spacial score (nSPS) is 17.5. The molecule has 2 aliphatic heterocycles. The number of carbonyl (C=O) groups is 1. The monoisotopic (exact) mass is 511 g/mol. The van der Waals surface area contributed by atoms with Crippen LogP contribution in [0.4, 0.5) is 0 Å². The molecule has 1 unspecified atom stereocenters. The Balaban J connectivity index is 1.28. The molecule has 2 aromatic carbocycles. The molecule has 1 fully saturated rings. The average Bonchev–Trinajstić information content (AvgIpc) is 3.61. The second-order valence-electron chi connectivity index (χ2n) is 10.5. The summed E-state index contributed by atoms with van der Waals surface area (Å²) < 4.78 is 11.2. The SMILES string of the molecule is COc1cc(-c2cnc3[nH]cc(-c4ccc(C(=O)N(C)CC5CCOC5)cc4)c3n2)cc2c1CN(C)CC2. The molecule has 0 spiro atoms. The number of aromatic nitrogens is 3. The van der Waals surface area contributed by atoms with Gasteiger partial charge in [0.2, 0.25) is 0 Å². The van der Waals surface area contributed by atoms with Gasteiger partial charge in [0.15, 0.2) is 5.65 Å². The molecule has 2 aliphatic rings. The quantitative estimate of drug-likeness (QED) is 0.413. The number of ether oxygens (including phenoxy) is 2. The molecule has 0 bridgehead atoms. The maximum atomic E-state index is 13.0. The lowest BCUT2D eigenvalue weighted by Crippen LogP contribution is -2.32. The predicted molar refractivity (Wildman–Crippen MR) is 147 cm³/mol. The average molecular weight is 512 g/mol. The maximum Gasteiger partial charge on any atom is 0.253 e. The zero-order valence-electron chi connectivity index (χ0n) is 22.2. The summed E-state index contributed by atoms with van der Waals surface area (Å²) in [6, 6.07) is 12.0. The van der Waals surface area contributed by atoms with Gasteiger partial charge in [-0.3, -0.25) is 4.79 Å². The molecule has 196 valence electrons. The maximum absolute atomic E-state index is 13.0. The number of rotatable bonds is 6. The van der Waals surface area contributed by atoms with E-state index in [1.807, 2.05) is 43.7 Å². The Morgan fingerprint density at radius 2 is 2.08 bits per heavy atom. The van der Waals surface area contributed by atoms with Crippen molar-refractivity contribution in [3.8, 4) is 28.1 Å². The summed E-state index contributed by atoms with van der Waals surface area (Å²) in [6.45, 7) is 4.14. The van der Waals surface area contributed by atoms with Crippen molar-refractivity contribution in [3.63, 3.8) is 0 Å². The molecule has 1 amide bonds. The van der Waals surface area contributed by atoms with Crippen LogP contribution in [0.15, 0.2) is 48.8 Å². The van der Waals surface area contributed by atoms with Gasteiger partial charge >= 0.3 is 0 Å². The van der Waals surface area contributed by atoms with Gasteiger partial charge in [0.25, 0.3) is 5.91 Å². The minimum Gasteiger partial charge on any atom is -0.496 e. The minimum absolute atomic E-state index is 0.0250. The van der Waals surface area contributed by atoms with E-state index in [0.29, 0.717) is 18.0 Å². The van der Waals surface area contributed by atoms with Crippen molar-refractivity contribution >= 4 is 17.1 Å². The Morgan fingerprint density at radius 1 is 1.24 bits per heavy atom. The fourth-order valence-corrected chi connectivity index (χ4v) is 5.56. The van der Waals surface area contributed by atoms with E-state index in [-0.39, 0.29) is 5.91 Å². The van der Waals surface area contributed by atoms with Gasteiger partial charge in [0.1, 0.15) is 11.3 Å². The third kappa shape index (κ3) is 4.66. The van der Waals surface area contributed by atoms with E-state index in [1.165, 1.54) is 11.1 Å². The molecule has 0 radical (unpaired) electrons. The number of fused-ring (bicyclic) bond motifs is 2. The highest BCUT2D eigenvalue weighted by atomic mass is 16.5. The van der Waals surface area contributed by atoms with Crippen LogP contribution >= 0.6 is 0 Å². The number of H-pyrrole nitrogens is 1. The zero-order chi connectivity index (χ0) is 26.2. The lowest BCUT2D eigenvalue weighted by Gasteiger charge is -2.27. The Kier molecular flexibility index (Phi) is 6.59. The van der Waals surface area contributed by atoms with Crippen molar-refractivity contribution in [2.24, 2.45) is 5.92 Å². The third-order valence-corrected chi connectivity index (χ3v) is 7.73. The Hall–Kier alpha value is -3.75. The molecule has 1 saturated heterocycles. The lowest BCUT2D eigenvalue weighted by atomic mass is 9.95. The molecule has 8 heteroatoms. The van der Waals surface area contributed by atoms with Crippen LogP contribution in [0.25, 0.3) is 33.5 Å². The highest BCUT2D eigenvalue weighted by Gasteiger charge is 2.22. The summed E-state index contributed by atoms with van der Waals surface area (Å²) in [5.41, 5.74) is 8.51. The van der Waals surface area contributed by atoms with Gasteiger partial charge < -0.3 is 24.3 Å². The summed E-state index contributed by atoms with van der Waals surface area (Å²) in [5, 5.41) is 0. The predicted octanol–water partition coefficient (Wildman–Crippen LogP) is 4.40. The molecular weight excluding hydrogens is 478 g/mol. The molecule has 4 heterocycles. The van der Waals surface area contributed by atoms with Crippen molar-refractivity contribution < 1.29 is 14.3 Å². The fourth-order valence-electron chi connectivity index (χ4n) is 5.56. The summed E-state index contributed by atoms with van der Waals surface area (Å²) in [7, 11) is 5.72. The van der Waals surface area contributed by atoms with E-state index in [1.54, 1.807) is 12.0 Å². The first-order valence-corrected chi connectivity index (χ1v) is 13.2. The summed E-state index contributed by atoms with van der Waals surface area (Å²) in [5.74, 6) is 1.33. The van der Waals surface area contributed by atoms with Gasteiger partial charge in [-0.05, 0) is 55.3 Å². The summed E-state index contributed by atoms with van der Waals surface area (Å²) >= 11 is 0. The van der Waals surface area contributed by atoms with Gasteiger partial charge in [0.05, 0.1) is 25.6 Å². The van der Waals surface area contributed by atoms with E-state index >= 15 is 0 Å². The standard InChI is InChI=1S/C30H33N5O3/c1-34-10-8-22-12-23(13-27(37-3)25(22)17-34)26-15-32-29-28(33-26)24(14-31-29)20-4-6-21(7-5-20)30(36)35(2)16-19-9-11-38-18-19/h4-7,12-15,19H,8-11,16-18H2,1-3H3,(H,31,32). The first kappa shape index (κ1) is 24.6. The molecule has 1 N–H and O–H groups in total. The van der Waals surface area contributed by atoms with E-state index in [2.05, 4.69) is 34.0 Å². The van der Waals surface area contributed by atoms with Crippen molar-refractivity contribution in [1.82, 2.24) is 24.8 Å². The van der Waals surface area contributed by atoms with E-state index in [0.717, 1.165) is 78.4 Å². The van der Waals surface area contributed by atoms with E-state index in [4.69, 9.17) is 14.5 Å². The number of hydrogen-bond acceptors (Lipinski definition) is 6. The van der Waals surface area contributed by atoms with E-state index < -0.39 is 0 Å². The third-order valence-electron chi connectivity index (χ3n) is 7.73. The number of carbonyl (C=O) groups excluding carboxylic acids is 1. The molecule has 0 saturated carbocycles. The Bertz CT molecular complexity index is 1460. The highest BCUT2D eigenvalue weighted by Crippen LogP contribution is 2.34. The van der Waals surface area contributed by atoms with Crippen LogP contribution < -0.4 is 4.74 Å². The van der Waals surface area contributed by atoms with Gasteiger partial charge in [-0.2, -0.15) is 0 Å². The van der Waals surface area contributed by atoms with Crippen molar-refractivity contribution in [2.45, 2.75) is 19.4 Å². The number of nitrogens with one attached hydrogen (secondary N) is 1. The molecule has 38 heavy (non-hydrogen) atoms. The van der Waals surface area contributed by atoms with Crippen LogP contribution in [-0.2, 0) is 17.7 Å². The Labute approximate surface area is 222 Å². The van der Waals surface area contributed by atoms with Gasteiger partial charge in [-0.1, -0.05) is 12.1 Å². The van der Waals surface area contributed by atoms with Crippen LogP contribution in [0, 0.1) is 5.92 Å². The number of nitrogens with zero attached hydrogens (tertiary/aromatic N) is 4. The van der Waals surface area contributed by atoms with E-state index in [9.17, 15) is 4.79 Å². The molecule has 0 aliphatic carbocycles. The molecule has 6 rings (SSSR count). The van der Waals surface area contributed by atoms with Gasteiger partial charge in [-0.15, -0.1) is 0 Å². The Morgan fingerprint density at radius 3 is 2.84 bits per heavy atom. The molecule has 1 atom stereocenters. The van der Waals surface area contributed by atoms with Crippen LogP contribution in [0.1, 0.15) is 27.9 Å². The van der Waals surface area contributed by atoms with Crippen LogP contribution in [0.2, 0.25) is 0 Å².